The van der Waals surface area contributed by atoms with Crippen molar-refractivity contribution in [1.29, 1.82) is 0 Å². The molecule has 2 nitrogen and oxygen atoms in total. The predicted molar refractivity (Wildman–Crippen MR) is 79.9 cm³/mol. The lowest BCUT2D eigenvalue weighted by atomic mass is 10.1. The number of hydrogen-bond donors (Lipinski definition) is 1. The van der Waals surface area contributed by atoms with Crippen molar-refractivity contribution in [3.05, 3.63) is 28.2 Å². The van der Waals surface area contributed by atoms with Gasteiger partial charge in [-0.25, -0.2) is 0 Å². The number of nitrogens with zero attached hydrogens (tertiary/aromatic N) is 1. The lowest BCUT2D eigenvalue weighted by molar-refractivity contribution is 0.516. The molecule has 1 aliphatic heterocycles. The number of benzene rings is 1. The van der Waals surface area contributed by atoms with E-state index in [1.165, 1.54) is 12.8 Å². The van der Waals surface area contributed by atoms with Crippen molar-refractivity contribution >= 4 is 28.9 Å². The van der Waals surface area contributed by atoms with Crippen molar-refractivity contribution in [3.8, 4) is 0 Å². The molecule has 0 aromatic heterocycles. The van der Waals surface area contributed by atoms with Crippen LogP contribution in [-0.2, 0) is 0 Å². The highest BCUT2D eigenvalue weighted by molar-refractivity contribution is 6.36. The minimum absolute atomic E-state index is 0.698. The Balaban J connectivity index is 1.91. The molecule has 1 aromatic carbocycles. The third-order valence-corrected chi connectivity index (χ3v) is 3.93. The Morgan fingerprint density at radius 1 is 1.39 bits per heavy atom. The van der Waals surface area contributed by atoms with Crippen molar-refractivity contribution < 1.29 is 0 Å². The van der Waals surface area contributed by atoms with E-state index >= 15 is 0 Å². The summed E-state index contributed by atoms with van der Waals surface area (Å²) in [6.07, 6.45) is 2.43. The van der Waals surface area contributed by atoms with Crippen LogP contribution in [0.1, 0.15) is 19.8 Å². The normalized spacial score (nSPS) is 19.5. The molecule has 4 heteroatoms. The van der Waals surface area contributed by atoms with Crippen LogP contribution < -0.4 is 10.2 Å². The molecule has 0 spiro atoms. The summed E-state index contributed by atoms with van der Waals surface area (Å²) in [7, 11) is 0. The quantitative estimate of drug-likeness (QED) is 0.828. The van der Waals surface area contributed by atoms with Gasteiger partial charge in [0.15, 0.2) is 0 Å². The highest BCUT2D eigenvalue weighted by atomic mass is 35.5. The van der Waals surface area contributed by atoms with Crippen LogP contribution in [0.25, 0.3) is 0 Å². The third kappa shape index (κ3) is 3.53. The van der Waals surface area contributed by atoms with Gasteiger partial charge in [-0.05, 0) is 50.0 Å². The fourth-order valence-corrected chi connectivity index (χ4v) is 2.97. The Bertz CT molecular complexity index is 395. The first kappa shape index (κ1) is 14.0. The zero-order valence-corrected chi connectivity index (χ0v) is 12.3. The SMILES string of the molecule is CCCNCC1CCN(c2ccc(Cl)cc2Cl)C1. The maximum Gasteiger partial charge on any atom is 0.0654 e. The predicted octanol–water partition coefficient (Wildman–Crippen LogP) is 3.82. The van der Waals surface area contributed by atoms with Gasteiger partial charge >= 0.3 is 0 Å². The molecule has 0 aliphatic carbocycles. The van der Waals surface area contributed by atoms with Crippen molar-refractivity contribution in [1.82, 2.24) is 5.32 Å². The Morgan fingerprint density at radius 3 is 2.94 bits per heavy atom. The second-order valence-corrected chi connectivity index (χ2v) is 5.74. The van der Waals surface area contributed by atoms with Gasteiger partial charge in [0.05, 0.1) is 10.7 Å². The van der Waals surface area contributed by atoms with Crippen LogP contribution >= 0.6 is 23.2 Å². The maximum atomic E-state index is 6.24. The Labute approximate surface area is 119 Å². The zero-order valence-electron chi connectivity index (χ0n) is 10.8. The minimum atomic E-state index is 0.698. The second-order valence-electron chi connectivity index (χ2n) is 4.90. The van der Waals surface area contributed by atoms with E-state index in [2.05, 4.69) is 17.1 Å². The minimum Gasteiger partial charge on any atom is -0.370 e. The Hall–Kier alpha value is -0.440. The molecule has 100 valence electrons. The highest BCUT2D eigenvalue weighted by Crippen LogP contribution is 2.32. The highest BCUT2D eigenvalue weighted by Gasteiger charge is 2.23. The van der Waals surface area contributed by atoms with E-state index in [0.717, 1.165) is 42.8 Å². The second kappa shape index (κ2) is 6.65. The number of nitrogens with one attached hydrogen (secondary N) is 1. The molecule has 1 aromatic rings. The average molecular weight is 287 g/mol. The first-order chi connectivity index (χ1) is 8.70. The lowest BCUT2D eigenvalue weighted by Crippen LogP contribution is -2.26. The number of hydrogen-bond acceptors (Lipinski definition) is 2. The zero-order chi connectivity index (χ0) is 13.0. The van der Waals surface area contributed by atoms with Gasteiger partial charge in [0.25, 0.3) is 0 Å². The number of rotatable bonds is 5. The van der Waals surface area contributed by atoms with E-state index in [1.807, 2.05) is 18.2 Å². The summed E-state index contributed by atoms with van der Waals surface area (Å²) in [5.74, 6) is 0.725. The summed E-state index contributed by atoms with van der Waals surface area (Å²) >= 11 is 12.2. The molecule has 1 fully saturated rings. The molecule has 0 amide bonds. The van der Waals surface area contributed by atoms with E-state index < -0.39 is 0 Å². The molecule has 1 saturated heterocycles. The molecule has 0 radical (unpaired) electrons. The van der Waals surface area contributed by atoms with Crippen LogP contribution in [0.15, 0.2) is 18.2 Å². The van der Waals surface area contributed by atoms with E-state index in [-0.39, 0.29) is 0 Å². The third-order valence-electron chi connectivity index (χ3n) is 3.40. The summed E-state index contributed by atoms with van der Waals surface area (Å²) < 4.78 is 0. The first-order valence-electron chi connectivity index (χ1n) is 6.61. The summed E-state index contributed by atoms with van der Waals surface area (Å²) in [6.45, 7) is 6.58. The van der Waals surface area contributed by atoms with Gasteiger partial charge < -0.3 is 10.2 Å². The number of halogens is 2. The molecule has 1 N–H and O–H groups in total. The molecule has 1 heterocycles. The topological polar surface area (TPSA) is 15.3 Å². The van der Waals surface area contributed by atoms with Crippen LogP contribution in [-0.4, -0.2) is 26.2 Å². The van der Waals surface area contributed by atoms with Gasteiger partial charge in [0, 0.05) is 18.1 Å². The van der Waals surface area contributed by atoms with Crippen LogP contribution in [0.5, 0.6) is 0 Å². The van der Waals surface area contributed by atoms with E-state index in [4.69, 9.17) is 23.2 Å². The summed E-state index contributed by atoms with van der Waals surface area (Å²) in [5.41, 5.74) is 1.11. The number of anilines is 1. The van der Waals surface area contributed by atoms with Gasteiger partial charge in [-0.15, -0.1) is 0 Å². The first-order valence-corrected chi connectivity index (χ1v) is 7.37. The molecule has 0 bridgehead atoms. The Morgan fingerprint density at radius 2 is 2.22 bits per heavy atom. The fraction of sp³-hybridized carbons (Fsp3) is 0.571. The van der Waals surface area contributed by atoms with E-state index in [9.17, 15) is 0 Å². The maximum absolute atomic E-state index is 6.24. The summed E-state index contributed by atoms with van der Waals surface area (Å²) in [4.78, 5) is 2.36. The van der Waals surface area contributed by atoms with Gasteiger partial charge in [-0.3, -0.25) is 0 Å². The Kier molecular flexibility index (Phi) is 5.16. The van der Waals surface area contributed by atoms with Gasteiger partial charge in [-0.1, -0.05) is 30.1 Å². The molecule has 1 unspecified atom stereocenters. The van der Waals surface area contributed by atoms with Crippen LogP contribution in [0.2, 0.25) is 10.0 Å². The van der Waals surface area contributed by atoms with Crippen molar-refractivity contribution in [2.45, 2.75) is 19.8 Å². The van der Waals surface area contributed by atoms with E-state index in [1.54, 1.807) is 0 Å². The largest absolute Gasteiger partial charge is 0.370 e. The standard InChI is InChI=1S/C14H20Cl2N2/c1-2-6-17-9-11-5-7-18(10-11)14-4-3-12(15)8-13(14)16/h3-4,8,11,17H,2,5-7,9-10H2,1H3. The molecule has 2 rings (SSSR count). The van der Waals surface area contributed by atoms with Crippen molar-refractivity contribution in [2.24, 2.45) is 5.92 Å². The van der Waals surface area contributed by atoms with Gasteiger partial charge in [0.2, 0.25) is 0 Å². The monoisotopic (exact) mass is 286 g/mol. The van der Waals surface area contributed by atoms with Crippen LogP contribution in [0.4, 0.5) is 5.69 Å². The van der Waals surface area contributed by atoms with E-state index in [0.29, 0.717) is 5.02 Å². The summed E-state index contributed by atoms with van der Waals surface area (Å²) in [5, 5.41) is 4.94. The summed E-state index contributed by atoms with van der Waals surface area (Å²) in [6, 6.07) is 5.75. The smallest absolute Gasteiger partial charge is 0.0654 e. The molecular weight excluding hydrogens is 267 g/mol. The van der Waals surface area contributed by atoms with Crippen molar-refractivity contribution in [3.63, 3.8) is 0 Å². The fourth-order valence-electron chi connectivity index (χ4n) is 2.44. The van der Waals surface area contributed by atoms with Gasteiger partial charge in [0.1, 0.15) is 0 Å². The van der Waals surface area contributed by atoms with Crippen molar-refractivity contribution in [2.75, 3.05) is 31.1 Å². The lowest BCUT2D eigenvalue weighted by Gasteiger charge is -2.20. The molecular formula is C14H20Cl2N2. The average Bonchev–Trinajstić information content (AvgIpc) is 2.78. The van der Waals surface area contributed by atoms with Crippen LogP contribution in [0, 0.1) is 5.92 Å². The molecule has 0 saturated carbocycles. The van der Waals surface area contributed by atoms with Crippen LogP contribution in [0.3, 0.4) is 0 Å². The molecule has 1 aliphatic rings. The molecule has 18 heavy (non-hydrogen) atoms. The molecule has 1 atom stereocenters. The van der Waals surface area contributed by atoms with Gasteiger partial charge in [-0.2, -0.15) is 0 Å².